The minimum Gasteiger partial charge on any atom is -0.480 e. The molecule has 2 amide bonds. The van der Waals surface area contributed by atoms with E-state index in [0.29, 0.717) is 26.2 Å². The van der Waals surface area contributed by atoms with Crippen LogP contribution in [-0.4, -0.2) is 71.5 Å². The number of hydrogen-bond donors (Lipinski definition) is 2. The van der Waals surface area contributed by atoms with Crippen LogP contribution in [0.1, 0.15) is 20.3 Å². The molecule has 0 radical (unpaired) electrons. The fourth-order valence-corrected chi connectivity index (χ4v) is 2.18. The monoisotopic (exact) mass is 271 g/mol. The predicted octanol–water partition coefficient (Wildman–Crippen LogP) is -0.870. The summed E-state index contributed by atoms with van der Waals surface area (Å²) in [6, 6.07) is -0.538. The van der Waals surface area contributed by atoms with Gasteiger partial charge in [0.25, 0.3) is 0 Å². The maximum atomic E-state index is 12.1. The van der Waals surface area contributed by atoms with E-state index in [2.05, 4.69) is 5.32 Å². The Hall–Kier alpha value is -1.63. The van der Waals surface area contributed by atoms with Crippen LogP contribution in [0.2, 0.25) is 0 Å². The van der Waals surface area contributed by atoms with Gasteiger partial charge >= 0.3 is 5.97 Å². The fraction of sp³-hybridized carbons (Fsp3) is 0.750. The van der Waals surface area contributed by atoms with Gasteiger partial charge in [0.1, 0.15) is 6.04 Å². The van der Waals surface area contributed by atoms with E-state index in [9.17, 15) is 14.4 Å². The number of nitrogens with one attached hydrogen (secondary N) is 1. The molecule has 1 aliphatic rings. The molecule has 1 unspecified atom stereocenters. The molecule has 0 aromatic rings. The zero-order valence-electron chi connectivity index (χ0n) is 11.4. The van der Waals surface area contributed by atoms with E-state index in [1.807, 2.05) is 4.90 Å². The average Bonchev–Trinajstić information content (AvgIpc) is 2.52. The van der Waals surface area contributed by atoms with Gasteiger partial charge in [-0.05, 0) is 13.3 Å². The number of carboxylic acids is 1. The van der Waals surface area contributed by atoms with Gasteiger partial charge in [-0.1, -0.05) is 0 Å². The molecule has 0 spiro atoms. The van der Waals surface area contributed by atoms with Gasteiger partial charge in [-0.15, -0.1) is 0 Å². The lowest BCUT2D eigenvalue weighted by atomic mass is 10.2. The third-order valence-corrected chi connectivity index (χ3v) is 3.05. The van der Waals surface area contributed by atoms with E-state index in [1.54, 1.807) is 11.8 Å². The van der Waals surface area contributed by atoms with Crippen LogP contribution in [0.4, 0.5) is 0 Å². The quantitative estimate of drug-likeness (QED) is 0.694. The predicted molar refractivity (Wildman–Crippen MR) is 68.6 cm³/mol. The smallest absolute Gasteiger partial charge is 0.317 e. The standard InChI is InChI=1S/C12H21N3O4/c1-9(13-10(2)16)12(19)15-5-3-4-14(6-7-15)8-11(17)18/h9H,3-8H2,1-2H3,(H,13,16)(H,17,18). The molecule has 1 fully saturated rings. The minimum absolute atomic E-state index is 0.00325. The van der Waals surface area contributed by atoms with Crippen molar-refractivity contribution >= 4 is 17.8 Å². The second kappa shape index (κ2) is 7.08. The Balaban J connectivity index is 2.49. The van der Waals surface area contributed by atoms with Gasteiger partial charge in [0, 0.05) is 33.1 Å². The topological polar surface area (TPSA) is 90.0 Å². The first-order chi connectivity index (χ1) is 8.90. The van der Waals surface area contributed by atoms with Crippen LogP contribution < -0.4 is 5.32 Å². The number of rotatable bonds is 4. The Labute approximate surface area is 112 Å². The summed E-state index contributed by atoms with van der Waals surface area (Å²) >= 11 is 0. The van der Waals surface area contributed by atoms with Crippen molar-refractivity contribution in [2.45, 2.75) is 26.3 Å². The van der Waals surface area contributed by atoms with Crippen LogP contribution in [0.3, 0.4) is 0 Å². The highest BCUT2D eigenvalue weighted by molar-refractivity contribution is 5.86. The fourth-order valence-electron chi connectivity index (χ4n) is 2.18. The largest absolute Gasteiger partial charge is 0.480 e. The third-order valence-electron chi connectivity index (χ3n) is 3.05. The van der Waals surface area contributed by atoms with Gasteiger partial charge in [-0.2, -0.15) is 0 Å². The molecule has 1 heterocycles. The summed E-state index contributed by atoms with van der Waals surface area (Å²) in [5.74, 6) is -1.21. The highest BCUT2D eigenvalue weighted by atomic mass is 16.4. The Morgan fingerprint density at radius 1 is 1.21 bits per heavy atom. The molecule has 0 aromatic carbocycles. The lowest BCUT2D eigenvalue weighted by Crippen LogP contribution is -2.47. The zero-order valence-corrected chi connectivity index (χ0v) is 11.4. The van der Waals surface area contributed by atoms with Crippen molar-refractivity contribution in [3.63, 3.8) is 0 Å². The van der Waals surface area contributed by atoms with Crippen molar-refractivity contribution in [3.05, 3.63) is 0 Å². The normalized spacial score (nSPS) is 18.5. The minimum atomic E-state index is -0.855. The molecule has 2 N–H and O–H groups in total. The zero-order chi connectivity index (χ0) is 14.4. The average molecular weight is 271 g/mol. The lowest BCUT2D eigenvalue weighted by Gasteiger charge is -2.24. The Bertz CT molecular complexity index is 359. The van der Waals surface area contributed by atoms with Gasteiger partial charge in [0.15, 0.2) is 0 Å². The highest BCUT2D eigenvalue weighted by Crippen LogP contribution is 2.05. The molecule has 19 heavy (non-hydrogen) atoms. The molecule has 7 nitrogen and oxygen atoms in total. The number of carbonyl (C=O) groups is 3. The number of nitrogens with zero attached hydrogens (tertiary/aromatic N) is 2. The van der Waals surface area contributed by atoms with E-state index in [4.69, 9.17) is 5.11 Å². The molecule has 7 heteroatoms. The maximum absolute atomic E-state index is 12.1. The summed E-state index contributed by atoms with van der Waals surface area (Å²) in [5, 5.41) is 11.3. The number of carbonyl (C=O) groups excluding carboxylic acids is 2. The van der Waals surface area contributed by atoms with Crippen LogP contribution in [0.5, 0.6) is 0 Å². The third kappa shape index (κ3) is 5.25. The Morgan fingerprint density at radius 3 is 2.47 bits per heavy atom. The van der Waals surface area contributed by atoms with E-state index < -0.39 is 12.0 Å². The molecule has 108 valence electrons. The summed E-state index contributed by atoms with van der Waals surface area (Å²) < 4.78 is 0. The molecule has 1 atom stereocenters. The van der Waals surface area contributed by atoms with Crippen molar-refractivity contribution in [3.8, 4) is 0 Å². The highest BCUT2D eigenvalue weighted by Gasteiger charge is 2.24. The molecule has 0 aromatic heterocycles. The van der Waals surface area contributed by atoms with Crippen molar-refractivity contribution in [1.29, 1.82) is 0 Å². The van der Waals surface area contributed by atoms with Crippen LogP contribution in [0.15, 0.2) is 0 Å². The first-order valence-corrected chi connectivity index (χ1v) is 6.40. The van der Waals surface area contributed by atoms with Crippen LogP contribution in [0.25, 0.3) is 0 Å². The maximum Gasteiger partial charge on any atom is 0.317 e. The van der Waals surface area contributed by atoms with Gasteiger partial charge in [-0.25, -0.2) is 0 Å². The lowest BCUT2D eigenvalue weighted by molar-refractivity contribution is -0.138. The van der Waals surface area contributed by atoms with Crippen molar-refractivity contribution in [2.75, 3.05) is 32.7 Å². The van der Waals surface area contributed by atoms with Gasteiger partial charge in [0.05, 0.1) is 6.54 Å². The van der Waals surface area contributed by atoms with E-state index in [1.165, 1.54) is 6.92 Å². The number of hydrogen-bond acceptors (Lipinski definition) is 4. The molecule has 0 aliphatic carbocycles. The van der Waals surface area contributed by atoms with E-state index in [0.717, 1.165) is 6.42 Å². The van der Waals surface area contributed by atoms with Crippen LogP contribution >= 0.6 is 0 Å². The summed E-state index contributed by atoms with van der Waals surface area (Å²) in [4.78, 5) is 37.2. The summed E-state index contributed by atoms with van der Waals surface area (Å²) in [7, 11) is 0. The van der Waals surface area contributed by atoms with Crippen molar-refractivity contribution < 1.29 is 19.5 Å². The molecular weight excluding hydrogens is 250 g/mol. The first-order valence-electron chi connectivity index (χ1n) is 6.40. The van der Waals surface area contributed by atoms with Crippen LogP contribution in [0, 0.1) is 0 Å². The van der Waals surface area contributed by atoms with Gasteiger partial charge < -0.3 is 15.3 Å². The number of carboxylic acid groups (broad SMARTS) is 1. The number of amides is 2. The molecule has 0 saturated carbocycles. The summed E-state index contributed by atoms with van der Waals surface area (Å²) in [5.41, 5.74) is 0. The molecule has 1 rings (SSSR count). The second-order valence-electron chi connectivity index (χ2n) is 4.77. The first kappa shape index (κ1) is 15.4. The summed E-state index contributed by atoms with van der Waals surface area (Å²) in [6.45, 7) is 5.35. The molecular formula is C12H21N3O4. The van der Waals surface area contributed by atoms with E-state index in [-0.39, 0.29) is 18.4 Å². The van der Waals surface area contributed by atoms with E-state index >= 15 is 0 Å². The second-order valence-corrected chi connectivity index (χ2v) is 4.77. The molecule has 1 saturated heterocycles. The van der Waals surface area contributed by atoms with Gasteiger partial charge in [0.2, 0.25) is 11.8 Å². The Morgan fingerprint density at radius 2 is 1.89 bits per heavy atom. The SMILES string of the molecule is CC(=O)NC(C)C(=O)N1CCCN(CC(=O)O)CC1. The summed E-state index contributed by atoms with van der Waals surface area (Å²) in [6.07, 6.45) is 0.742. The van der Waals surface area contributed by atoms with Crippen LogP contribution in [-0.2, 0) is 14.4 Å². The molecule has 0 bridgehead atoms. The van der Waals surface area contributed by atoms with Crippen molar-refractivity contribution in [2.24, 2.45) is 0 Å². The van der Waals surface area contributed by atoms with Gasteiger partial charge in [-0.3, -0.25) is 19.3 Å². The number of aliphatic carboxylic acids is 1. The molecule has 1 aliphatic heterocycles. The van der Waals surface area contributed by atoms with Crippen molar-refractivity contribution in [1.82, 2.24) is 15.1 Å². The Kier molecular flexibility index (Phi) is 5.75.